The van der Waals surface area contributed by atoms with E-state index in [1.165, 1.54) is 6.92 Å². The largest absolute Gasteiger partial charge is 0.454 e. The first-order valence-electron chi connectivity index (χ1n) is 8.28. The lowest BCUT2D eigenvalue weighted by Crippen LogP contribution is -2.57. The molecule has 4 rings (SSSR count). The van der Waals surface area contributed by atoms with Crippen LogP contribution in [0.25, 0.3) is 0 Å². The summed E-state index contributed by atoms with van der Waals surface area (Å²) >= 11 is 3.30. The molecule has 4 aliphatic rings. The molecule has 3 unspecified atom stereocenters. The Bertz CT molecular complexity index is 618. The number of hydrogen-bond donors (Lipinski definition) is 0. The number of halogens is 1. The molecule has 2 bridgehead atoms. The van der Waals surface area contributed by atoms with E-state index >= 15 is 0 Å². The summed E-state index contributed by atoms with van der Waals surface area (Å²) in [6.45, 7) is 5.61. The van der Waals surface area contributed by atoms with Crippen LogP contribution in [0.4, 0.5) is 0 Å². The van der Waals surface area contributed by atoms with Crippen LogP contribution in [0.5, 0.6) is 0 Å². The summed E-state index contributed by atoms with van der Waals surface area (Å²) in [7, 11) is 0. The van der Waals surface area contributed by atoms with Crippen molar-refractivity contribution in [2.24, 2.45) is 23.7 Å². The average molecular weight is 400 g/mol. The van der Waals surface area contributed by atoms with E-state index in [1.807, 2.05) is 19.9 Å². The van der Waals surface area contributed by atoms with Gasteiger partial charge < -0.3 is 4.74 Å². The minimum absolute atomic E-state index is 0.00587. The predicted octanol–water partition coefficient (Wildman–Crippen LogP) is 2.22. The molecule has 24 heavy (non-hydrogen) atoms. The highest BCUT2D eigenvalue weighted by atomic mass is 79.9. The SMILES string of the molecule is CC(=O)O[C@]12C=C(C)[C@H](C(C)C1)C1C(=O)N(OCCCBr)C(=O)C12. The van der Waals surface area contributed by atoms with Gasteiger partial charge in [-0.2, -0.15) is 5.06 Å². The summed E-state index contributed by atoms with van der Waals surface area (Å²) in [4.78, 5) is 42.9. The second kappa shape index (κ2) is 6.26. The third kappa shape index (κ3) is 2.52. The normalized spacial score (nSPS) is 37.5. The van der Waals surface area contributed by atoms with Gasteiger partial charge in [-0.05, 0) is 37.7 Å². The van der Waals surface area contributed by atoms with Crippen molar-refractivity contribution >= 4 is 33.7 Å². The predicted molar refractivity (Wildman–Crippen MR) is 88.7 cm³/mol. The smallest absolute Gasteiger partial charge is 0.303 e. The van der Waals surface area contributed by atoms with Gasteiger partial charge in [0, 0.05) is 12.3 Å². The highest BCUT2D eigenvalue weighted by molar-refractivity contribution is 9.09. The van der Waals surface area contributed by atoms with Gasteiger partial charge in [-0.15, -0.1) is 0 Å². The zero-order valence-electron chi connectivity index (χ0n) is 14.1. The molecule has 0 aromatic rings. The fourth-order valence-electron chi connectivity index (χ4n) is 4.75. The van der Waals surface area contributed by atoms with Crippen LogP contribution < -0.4 is 0 Å². The molecular weight excluding hydrogens is 378 g/mol. The Morgan fingerprint density at radius 3 is 2.67 bits per heavy atom. The monoisotopic (exact) mass is 399 g/mol. The second-order valence-corrected chi connectivity index (χ2v) is 7.79. The van der Waals surface area contributed by atoms with Crippen molar-refractivity contribution in [2.45, 2.75) is 39.2 Å². The number of alkyl halides is 1. The van der Waals surface area contributed by atoms with E-state index < -0.39 is 23.4 Å². The molecule has 1 saturated carbocycles. The Balaban J connectivity index is 1.98. The molecule has 132 valence electrons. The fraction of sp³-hybridized carbons (Fsp3) is 0.706. The summed E-state index contributed by atoms with van der Waals surface area (Å²) in [5.41, 5.74) is -0.0191. The van der Waals surface area contributed by atoms with Crippen LogP contribution in [0.15, 0.2) is 11.6 Å². The topological polar surface area (TPSA) is 72.9 Å². The van der Waals surface area contributed by atoms with E-state index in [0.29, 0.717) is 12.8 Å². The number of ether oxygens (including phenoxy) is 1. The lowest BCUT2D eigenvalue weighted by atomic mass is 9.54. The number of hydroxylamine groups is 2. The number of imide groups is 1. The summed E-state index contributed by atoms with van der Waals surface area (Å²) in [5.74, 6) is -2.16. The van der Waals surface area contributed by atoms with Gasteiger partial charge >= 0.3 is 5.97 Å². The number of allylic oxidation sites excluding steroid dienone is 1. The van der Waals surface area contributed by atoms with Gasteiger partial charge in [-0.3, -0.25) is 19.2 Å². The molecule has 6 nitrogen and oxygen atoms in total. The van der Waals surface area contributed by atoms with E-state index in [1.54, 1.807) is 0 Å². The van der Waals surface area contributed by atoms with Crippen LogP contribution in [0.1, 0.15) is 33.6 Å². The van der Waals surface area contributed by atoms with Crippen LogP contribution in [-0.4, -0.2) is 40.4 Å². The van der Waals surface area contributed by atoms with E-state index in [4.69, 9.17) is 9.57 Å². The molecular formula is C17H22BrNO5. The van der Waals surface area contributed by atoms with Gasteiger partial charge in [0.25, 0.3) is 11.8 Å². The Morgan fingerprint density at radius 2 is 2.08 bits per heavy atom. The third-order valence-corrected chi connectivity index (χ3v) is 5.87. The number of carbonyl (C=O) groups excluding carboxylic acids is 3. The number of carbonyl (C=O) groups is 3. The van der Waals surface area contributed by atoms with Crippen LogP contribution >= 0.6 is 15.9 Å². The number of hydrogen-bond acceptors (Lipinski definition) is 5. The average Bonchev–Trinajstić information content (AvgIpc) is 2.72. The maximum absolute atomic E-state index is 12.9. The van der Waals surface area contributed by atoms with E-state index in [2.05, 4.69) is 15.9 Å². The zero-order chi connectivity index (χ0) is 17.6. The molecule has 3 aliphatic carbocycles. The Morgan fingerprint density at radius 1 is 1.38 bits per heavy atom. The number of fused-ring (bicyclic) bond motifs is 1. The fourth-order valence-corrected chi connectivity index (χ4v) is 4.98. The Kier molecular flexibility index (Phi) is 4.59. The maximum atomic E-state index is 12.9. The number of amides is 2. The highest BCUT2D eigenvalue weighted by Crippen LogP contribution is 2.58. The molecule has 0 aromatic heterocycles. The maximum Gasteiger partial charge on any atom is 0.303 e. The van der Waals surface area contributed by atoms with Gasteiger partial charge in [0.15, 0.2) is 0 Å². The molecule has 1 aliphatic heterocycles. The van der Waals surface area contributed by atoms with Crippen molar-refractivity contribution in [1.82, 2.24) is 5.06 Å². The molecule has 2 amide bonds. The van der Waals surface area contributed by atoms with Crippen molar-refractivity contribution in [3.63, 3.8) is 0 Å². The van der Waals surface area contributed by atoms with Crippen molar-refractivity contribution in [2.75, 3.05) is 11.9 Å². The summed E-state index contributed by atoms with van der Waals surface area (Å²) in [6.07, 6.45) is 3.13. The Labute approximate surface area is 149 Å². The van der Waals surface area contributed by atoms with E-state index in [9.17, 15) is 14.4 Å². The molecule has 0 spiro atoms. The van der Waals surface area contributed by atoms with Gasteiger partial charge in [0.2, 0.25) is 0 Å². The third-order valence-electron chi connectivity index (χ3n) is 5.31. The molecule has 1 saturated heterocycles. The molecule has 2 fully saturated rings. The van der Waals surface area contributed by atoms with Crippen molar-refractivity contribution in [1.29, 1.82) is 0 Å². The first-order valence-corrected chi connectivity index (χ1v) is 9.40. The Hall–Kier alpha value is -1.21. The molecule has 5 atom stereocenters. The molecule has 1 heterocycles. The zero-order valence-corrected chi connectivity index (χ0v) is 15.7. The summed E-state index contributed by atoms with van der Waals surface area (Å²) in [5, 5.41) is 1.64. The molecule has 0 radical (unpaired) electrons. The molecule has 0 N–H and O–H groups in total. The quantitative estimate of drug-likeness (QED) is 0.233. The second-order valence-electron chi connectivity index (χ2n) is 6.99. The van der Waals surface area contributed by atoms with Crippen LogP contribution in [0.2, 0.25) is 0 Å². The minimum Gasteiger partial charge on any atom is -0.454 e. The van der Waals surface area contributed by atoms with Crippen LogP contribution in [0, 0.1) is 23.7 Å². The molecule has 0 aromatic carbocycles. The first kappa shape index (κ1) is 17.6. The van der Waals surface area contributed by atoms with E-state index in [-0.39, 0.29) is 30.3 Å². The van der Waals surface area contributed by atoms with Crippen molar-refractivity contribution in [3.05, 3.63) is 11.6 Å². The van der Waals surface area contributed by atoms with Crippen LogP contribution in [0.3, 0.4) is 0 Å². The number of nitrogens with zero attached hydrogens (tertiary/aromatic N) is 1. The lowest BCUT2D eigenvalue weighted by Gasteiger charge is -2.52. The van der Waals surface area contributed by atoms with Gasteiger partial charge in [-0.25, -0.2) is 0 Å². The summed E-state index contributed by atoms with van der Waals surface area (Å²) < 4.78 is 5.64. The standard InChI is InChI=1S/C17H22BrNO5/c1-9-7-17(24-11(3)20)8-10(2)12(9)13-14(17)16(22)19(15(13)21)23-6-4-5-18/h7,10,12-14H,4-6,8H2,1-3H3/t10?,12-,13?,14?,17-/m1/s1. The molecule has 7 heteroatoms. The minimum atomic E-state index is -1.03. The van der Waals surface area contributed by atoms with Crippen LogP contribution in [-0.2, 0) is 24.0 Å². The van der Waals surface area contributed by atoms with E-state index in [0.717, 1.165) is 16.0 Å². The van der Waals surface area contributed by atoms with Gasteiger partial charge in [0.05, 0.1) is 18.4 Å². The van der Waals surface area contributed by atoms with Gasteiger partial charge in [-0.1, -0.05) is 28.4 Å². The van der Waals surface area contributed by atoms with Crippen molar-refractivity contribution < 1.29 is 24.0 Å². The highest BCUT2D eigenvalue weighted by Gasteiger charge is 2.67. The number of esters is 1. The summed E-state index contributed by atoms with van der Waals surface area (Å²) in [6, 6.07) is 0. The lowest BCUT2D eigenvalue weighted by molar-refractivity contribution is -0.191. The van der Waals surface area contributed by atoms with Gasteiger partial charge in [0.1, 0.15) is 5.60 Å². The van der Waals surface area contributed by atoms with Crippen molar-refractivity contribution in [3.8, 4) is 0 Å². The number of rotatable bonds is 5. The first-order chi connectivity index (χ1) is 11.3.